The second-order valence-electron chi connectivity index (χ2n) is 8.98. The van der Waals surface area contributed by atoms with Crippen molar-refractivity contribution >= 4 is 20.5 Å². The van der Waals surface area contributed by atoms with E-state index in [-0.39, 0.29) is 10.9 Å². The van der Waals surface area contributed by atoms with Crippen molar-refractivity contribution in [1.29, 1.82) is 0 Å². The van der Waals surface area contributed by atoms with E-state index in [4.69, 9.17) is 13.9 Å². The second-order valence-corrected chi connectivity index (χ2v) is 13.7. The number of hydrogen-bond donors (Lipinski definition) is 1. The molecule has 0 saturated carbocycles. The van der Waals surface area contributed by atoms with Crippen LogP contribution >= 0.6 is 0 Å². The zero-order valence-corrected chi connectivity index (χ0v) is 20.7. The van der Waals surface area contributed by atoms with E-state index in [1.54, 1.807) is 32.5 Å². The van der Waals surface area contributed by atoms with Crippen molar-refractivity contribution in [3.8, 4) is 28.9 Å². The Morgan fingerprint density at radius 1 is 1.00 bits per heavy atom. The molecule has 0 saturated heterocycles. The number of hydrogen-bond acceptors (Lipinski definition) is 6. The van der Waals surface area contributed by atoms with E-state index in [0.717, 1.165) is 5.56 Å². The summed E-state index contributed by atoms with van der Waals surface area (Å²) in [6.07, 6.45) is 5.34. The standard InChI is InChI=1S/C24H31N3O4Si/c1-24(2,3)32(6,7)31-23-19(29-4)14-17(15-20(23)30-5)11-12-18-16-22(28)27(26-18)21-10-8-9-13-25-21/h8-16,28H,1-7H3/b12-11+. The average Bonchev–Trinajstić information content (AvgIpc) is 3.12. The van der Waals surface area contributed by atoms with Gasteiger partial charge in [-0.2, -0.15) is 9.78 Å². The number of pyridine rings is 1. The largest absolute Gasteiger partial charge is 0.539 e. The summed E-state index contributed by atoms with van der Waals surface area (Å²) in [4.78, 5) is 4.22. The fourth-order valence-corrected chi connectivity index (χ4v) is 3.82. The van der Waals surface area contributed by atoms with Gasteiger partial charge in [-0.1, -0.05) is 32.9 Å². The fraction of sp³-hybridized carbons (Fsp3) is 0.333. The summed E-state index contributed by atoms with van der Waals surface area (Å²) < 4.78 is 19.2. The van der Waals surface area contributed by atoms with E-state index >= 15 is 0 Å². The number of aromatic hydroxyl groups is 1. The minimum absolute atomic E-state index is 0.0108. The van der Waals surface area contributed by atoms with Crippen LogP contribution in [0.2, 0.25) is 18.1 Å². The second kappa shape index (κ2) is 9.08. The molecule has 0 spiro atoms. The van der Waals surface area contributed by atoms with Crippen molar-refractivity contribution in [3.63, 3.8) is 0 Å². The molecule has 0 aliphatic rings. The monoisotopic (exact) mass is 453 g/mol. The van der Waals surface area contributed by atoms with E-state index in [1.807, 2.05) is 36.4 Å². The topological polar surface area (TPSA) is 78.6 Å². The van der Waals surface area contributed by atoms with E-state index in [9.17, 15) is 5.11 Å². The van der Waals surface area contributed by atoms with Crippen LogP contribution in [0.5, 0.6) is 23.1 Å². The molecule has 0 radical (unpaired) electrons. The lowest BCUT2D eigenvalue weighted by atomic mass is 10.1. The third kappa shape index (κ3) is 4.96. The van der Waals surface area contributed by atoms with Gasteiger partial charge in [-0.15, -0.1) is 0 Å². The van der Waals surface area contributed by atoms with Gasteiger partial charge in [0.1, 0.15) is 0 Å². The lowest BCUT2D eigenvalue weighted by Gasteiger charge is -2.37. The van der Waals surface area contributed by atoms with E-state index in [1.165, 1.54) is 4.68 Å². The Bertz CT molecular complexity index is 1080. The Morgan fingerprint density at radius 3 is 2.19 bits per heavy atom. The number of rotatable bonds is 7. The Balaban J connectivity index is 1.92. The predicted molar refractivity (Wildman–Crippen MR) is 129 cm³/mol. The normalized spacial score (nSPS) is 12.2. The van der Waals surface area contributed by atoms with Gasteiger partial charge in [-0.3, -0.25) is 0 Å². The van der Waals surface area contributed by atoms with Crippen molar-refractivity contribution in [2.24, 2.45) is 0 Å². The molecule has 170 valence electrons. The smallest absolute Gasteiger partial charge is 0.250 e. The van der Waals surface area contributed by atoms with E-state index in [2.05, 4.69) is 43.9 Å². The summed E-state index contributed by atoms with van der Waals surface area (Å²) >= 11 is 0. The van der Waals surface area contributed by atoms with Crippen LogP contribution in [-0.2, 0) is 0 Å². The summed E-state index contributed by atoms with van der Waals surface area (Å²) in [5.41, 5.74) is 1.45. The molecule has 0 amide bonds. The Labute approximate surface area is 190 Å². The van der Waals surface area contributed by atoms with Gasteiger partial charge < -0.3 is 19.0 Å². The third-order valence-corrected chi connectivity index (χ3v) is 10.00. The van der Waals surface area contributed by atoms with Crippen molar-refractivity contribution in [3.05, 3.63) is 53.9 Å². The minimum Gasteiger partial charge on any atom is -0.539 e. The summed E-state index contributed by atoms with van der Waals surface area (Å²) in [5.74, 6) is 2.39. The molecule has 3 rings (SSSR count). The van der Waals surface area contributed by atoms with Crippen LogP contribution in [0.25, 0.3) is 18.0 Å². The number of aromatic nitrogens is 3. The summed E-state index contributed by atoms with van der Waals surface area (Å²) in [6.45, 7) is 10.9. The molecule has 0 fully saturated rings. The highest BCUT2D eigenvalue weighted by molar-refractivity contribution is 6.74. The van der Waals surface area contributed by atoms with Crippen molar-refractivity contribution in [1.82, 2.24) is 14.8 Å². The van der Waals surface area contributed by atoms with Crippen LogP contribution in [0.3, 0.4) is 0 Å². The molecular formula is C24H31N3O4Si. The first kappa shape index (κ1) is 23.4. The highest BCUT2D eigenvalue weighted by Gasteiger charge is 2.40. The molecule has 0 unspecified atom stereocenters. The summed E-state index contributed by atoms with van der Waals surface area (Å²) in [5, 5.41) is 14.7. The average molecular weight is 454 g/mol. The maximum Gasteiger partial charge on any atom is 0.250 e. The van der Waals surface area contributed by atoms with Gasteiger partial charge in [0.25, 0.3) is 8.32 Å². The molecule has 0 aliphatic carbocycles. The molecule has 1 N–H and O–H groups in total. The van der Waals surface area contributed by atoms with Crippen molar-refractivity contribution in [2.45, 2.75) is 38.9 Å². The molecular weight excluding hydrogens is 422 g/mol. The van der Waals surface area contributed by atoms with Gasteiger partial charge in [0, 0.05) is 12.3 Å². The van der Waals surface area contributed by atoms with Crippen LogP contribution in [0.15, 0.2) is 42.6 Å². The first-order valence-electron chi connectivity index (χ1n) is 10.4. The maximum atomic E-state index is 10.2. The lowest BCUT2D eigenvalue weighted by Crippen LogP contribution is -2.44. The van der Waals surface area contributed by atoms with Crippen LogP contribution < -0.4 is 13.9 Å². The molecule has 2 heterocycles. The van der Waals surface area contributed by atoms with Gasteiger partial charge >= 0.3 is 0 Å². The van der Waals surface area contributed by atoms with Crippen LogP contribution in [-0.4, -0.2) is 42.4 Å². The van der Waals surface area contributed by atoms with E-state index in [0.29, 0.717) is 28.8 Å². The van der Waals surface area contributed by atoms with Gasteiger partial charge in [0.05, 0.1) is 19.9 Å². The fourth-order valence-electron chi connectivity index (χ4n) is 2.80. The highest BCUT2D eigenvalue weighted by Crippen LogP contribution is 2.45. The molecule has 32 heavy (non-hydrogen) atoms. The molecule has 3 aromatic rings. The summed E-state index contributed by atoms with van der Waals surface area (Å²) in [6, 6.07) is 10.8. The number of ether oxygens (including phenoxy) is 2. The Kier molecular flexibility index (Phi) is 6.64. The van der Waals surface area contributed by atoms with Crippen molar-refractivity contribution in [2.75, 3.05) is 14.2 Å². The summed E-state index contributed by atoms with van der Waals surface area (Å²) in [7, 11) is 1.15. The molecule has 0 bridgehead atoms. The van der Waals surface area contributed by atoms with Gasteiger partial charge in [0.15, 0.2) is 23.1 Å². The SMILES string of the molecule is COc1cc(/C=C/c2cc(O)n(-c3ccccn3)n2)cc(OC)c1O[Si](C)(C)C(C)(C)C. The van der Waals surface area contributed by atoms with Gasteiger partial charge in [-0.25, -0.2) is 4.98 Å². The van der Waals surface area contributed by atoms with Gasteiger partial charge in [0.2, 0.25) is 5.88 Å². The van der Waals surface area contributed by atoms with Crippen LogP contribution in [0, 0.1) is 0 Å². The minimum atomic E-state index is -2.09. The molecule has 8 heteroatoms. The first-order chi connectivity index (χ1) is 15.1. The maximum absolute atomic E-state index is 10.2. The molecule has 0 aliphatic heterocycles. The highest BCUT2D eigenvalue weighted by atomic mass is 28.4. The van der Waals surface area contributed by atoms with Gasteiger partial charge in [-0.05, 0) is 54.0 Å². The lowest BCUT2D eigenvalue weighted by molar-refractivity contribution is 0.354. The quantitative estimate of drug-likeness (QED) is 0.473. The Morgan fingerprint density at radius 2 is 1.66 bits per heavy atom. The third-order valence-electron chi connectivity index (χ3n) is 5.67. The zero-order chi connectivity index (χ0) is 23.5. The molecule has 1 aromatic carbocycles. The van der Waals surface area contributed by atoms with Crippen molar-refractivity contribution < 1.29 is 19.0 Å². The number of nitrogens with zero attached hydrogens (tertiary/aromatic N) is 3. The van der Waals surface area contributed by atoms with Crippen LogP contribution in [0.4, 0.5) is 0 Å². The Hall–Kier alpha value is -3.26. The van der Waals surface area contributed by atoms with E-state index < -0.39 is 8.32 Å². The number of methoxy groups -OCH3 is 2. The van der Waals surface area contributed by atoms with Crippen LogP contribution in [0.1, 0.15) is 32.0 Å². The zero-order valence-electron chi connectivity index (χ0n) is 19.7. The predicted octanol–water partition coefficient (Wildman–Crippen LogP) is 5.54. The molecule has 0 atom stereocenters. The number of benzene rings is 1. The molecule has 2 aromatic heterocycles. The first-order valence-corrected chi connectivity index (χ1v) is 13.3. The molecule has 7 nitrogen and oxygen atoms in total.